The number of anilines is 1. The van der Waals surface area contributed by atoms with Crippen molar-refractivity contribution < 1.29 is 14.8 Å². The van der Waals surface area contributed by atoms with Crippen molar-refractivity contribution in [3.05, 3.63) is 26.9 Å². The topological polar surface area (TPSA) is 105 Å². The van der Waals surface area contributed by atoms with Crippen LogP contribution < -0.4 is 5.32 Å². The maximum absolute atomic E-state index is 10.6. The number of carbonyl (C=O) groups is 1. The second-order valence-electron chi connectivity index (χ2n) is 4.68. The molecule has 8 heteroatoms. The molecule has 0 aliphatic rings. The van der Waals surface area contributed by atoms with Crippen LogP contribution in [-0.4, -0.2) is 26.5 Å². The van der Waals surface area contributed by atoms with E-state index in [0.717, 1.165) is 6.20 Å². The third kappa shape index (κ3) is 4.82. The molecule has 1 aromatic rings. The number of carboxylic acid groups (broad SMARTS) is 1. The average molecular weight is 332 g/mol. The number of carboxylic acids is 1. The predicted molar refractivity (Wildman–Crippen MR) is 73.2 cm³/mol. The Morgan fingerprint density at radius 3 is 2.74 bits per heavy atom. The van der Waals surface area contributed by atoms with E-state index in [2.05, 4.69) is 26.2 Å². The Balaban J connectivity index is 2.81. The summed E-state index contributed by atoms with van der Waals surface area (Å²) in [7, 11) is 0. The Labute approximate surface area is 118 Å². The summed E-state index contributed by atoms with van der Waals surface area (Å²) in [6.07, 6.45) is 1.60. The number of halogens is 1. The fraction of sp³-hybridized carbons (Fsp3) is 0.455. The molecule has 0 fully saturated rings. The molecule has 0 radical (unpaired) electrons. The molecular weight excluding hydrogens is 318 g/mol. The Hall–Kier alpha value is -1.70. The predicted octanol–water partition coefficient (Wildman–Crippen LogP) is 2.81. The van der Waals surface area contributed by atoms with Crippen LogP contribution in [0.15, 0.2) is 16.7 Å². The maximum Gasteiger partial charge on any atom is 0.303 e. The minimum Gasteiger partial charge on any atom is -0.481 e. The third-order valence-electron chi connectivity index (χ3n) is 2.46. The molecule has 19 heavy (non-hydrogen) atoms. The van der Waals surface area contributed by atoms with E-state index in [1.165, 1.54) is 6.07 Å². The molecule has 1 aromatic heterocycles. The van der Waals surface area contributed by atoms with Gasteiger partial charge in [-0.2, -0.15) is 0 Å². The molecule has 0 saturated carbocycles. The summed E-state index contributed by atoms with van der Waals surface area (Å²) in [4.78, 5) is 24.6. The van der Waals surface area contributed by atoms with Crippen LogP contribution in [0.1, 0.15) is 26.7 Å². The van der Waals surface area contributed by atoms with Crippen molar-refractivity contribution in [2.45, 2.75) is 32.2 Å². The van der Waals surface area contributed by atoms with Gasteiger partial charge in [0.1, 0.15) is 12.0 Å². The van der Waals surface area contributed by atoms with Crippen LogP contribution in [-0.2, 0) is 4.79 Å². The third-order valence-corrected chi connectivity index (χ3v) is 3.06. The van der Waals surface area contributed by atoms with Crippen molar-refractivity contribution in [2.24, 2.45) is 0 Å². The molecule has 7 nitrogen and oxygen atoms in total. The lowest BCUT2D eigenvalue weighted by atomic mass is 9.98. The first-order valence-electron chi connectivity index (χ1n) is 5.51. The van der Waals surface area contributed by atoms with Crippen molar-refractivity contribution in [1.82, 2.24) is 4.98 Å². The summed E-state index contributed by atoms with van der Waals surface area (Å²) in [5, 5.41) is 22.3. The van der Waals surface area contributed by atoms with Crippen molar-refractivity contribution in [1.29, 1.82) is 0 Å². The summed E-state index contributed by atoms with van der Waals surface area (Å²) in [6, 6.07) is 1.35. The Morgan fingerprint density at radius 1 is 1.63 bits per heavy atom. The van der Waals surface area contributed by atoms with Gasteiger partial charge in [-0.15, -0.1) is 0 Å². The molecule has 1 heterocycles. The van der Waals surface area contributed by atoms with Crippen LogP contribution in [0.25, 0.3) is 0 Å². The van der Waals surface area contributed by atoms with Gasteiger partial charge in [0.2, 0.25) is 0 Å². The molecule has 0 atom stereocenters. The Morgan fingerprint density at radius 2 is 2.26 bits per heavy atom. The Kier molecular flexibility index (Phi) is 4.82. The van der Waals surface area contributed by atoms with Crippen LogP contribution in [0.2, 0.25) is 0 Å². The monoisotopic (exact) mass is 331 g/mol. The quantitative estimate of drug-likeness (QED) is 0.613. The maximum atomic E-state index is 10.6. The molecule has 2 N–H and O–H groups in total. The SMILES string of the molecule is CC(C)(CCC(=O)O)Nc1ncc([N+](=O)[O-])cc1Br. The highest BCUT2D eigenvalue weighted by Crippen LogP contribution is 2.28. The molecule has 0 amide bonds. The van der Waals surface area contributed by atoms with Crippen molar-refractivity contribution in [3.63, 3.8) is 0 Å². The average Bonchev–Trinajstić information content (AvgIpc) is 2.29. The van der Waals surface area contributed by atoms with E-state index in [9.17, 15) is 14.9 Å². The Bertz CT molecular complexity index is 505. The molecule has 104 valence electrons. The lowest BCUT2D eigenvalue weighted by molar-refractivity contribution is -0.385. The van der Waals surface area contributed by atoms with Crippen LogP contribution in [0, 0.1) is 10.1 Å². The highest BCUT2D eigenvalue weighted by atomic mass is 79.9. The van der Waals surface area contributed by atoms with Crippen LogP contribution in [0.3, 0.4) is 0 Å². The lowest BCUT2D eigenvalue weighted by Gasteiger charge is -2.26. The summed E-state index contributed by atoms with van der Waals surface area (Å²) in [6.45, 7) is 3.68. The minimum absolute atomic E-state index is 0.0323. The zero-order chi connectivity index (χ0) is 14.6. The smallest absolute Gasteiger partial charge is 0.303 e. The highest BCUT2D eigenvalue weighted by molar-refractivity contribution is 9.10. The van der Waals surface area contributed by atoms with Gasteiger partial charge in [0.05, 0.1) is 9.40 Å². The van der Waals surface area contributed by atoms with E-state index in [4.69, 9.17) is 5.11 Å². The second kappa shape index (κ2) is 5.96. The number of aromatic nitrogens is 1. The van der Waals surface area contributed by atoms with Crippen LogP contribution in [0.4, 0.5) is 11.5 Å². The number of hydrogen-bond donors (Lipinski definition) is 2. The summed E-state index contributed by atoms with van der Waals surface area (Å²) in [5.41, 5.74) is -0.593. The standard InChI is InChI=1S/C11H14BrN3O4/c1-11(2,4-3-9(16)17)14-10-8(12)5-7(6-13-10)15(18)19/h5-6H,3-4H2,1-2H3,(H,13,14)(H,16,17). The largest absolute Gasteiger partial charge is 0.481 e. The molecule has 0 bridgehead atoms. The number of nitrogens with zero attached hydrogens (tertiary/aromatic N) is 2. The van der Waals surface area contributed by atoms with E-state index in [1.54, 1.807) is 0 Å². The number of nitro groups is 1. The van der Waals surface area contributed by atoms with E-state index in [-0.39, 0.29) is 12.1 Å². The van der Waals surface area contributed by atoms with Gasteiger partial charge in [0, 0.05) is 18.0 Å². The van der Waals surface area contributed by atoms with Crippen LogP contribution in [0.5, 0.6) is 0 Å². The van der Waals surface area contributed by atoms with Gasteiger partial charge < -0.3 is 10.4 Å². The van der Waals surface area contributed by atoms with E-state index in [0.29, 0.717) is 16.7 Å². The number of aliphatic carboxylic acids is 1. The van der Waals surface area contributed by atoms with Gasteiger partial charge in [-0.05, 0) is 36.2 Å². The highest BCUT2D eigenvalue weighted by Gasteiger charge is 2.21. The van der Waals surface area contributed by atoms with Gasteiger partial charge in [0.25, 0.3) is 5.69 Å². The zero-order valence-electron chi connectivity index (χ0n) is 10.5. The van der Waals surface area contributed by atoms with Crippen molar-refractivity contribution in [3.8, 4) is 0 Å². The minimum atomic E-state index is -0.870. The first kappa shape index (κ1) is 15.4. The molecule has 0 saturated heterocycles. The molecule has 0 aromatic carbocycles. The molecule has 0 aliphatic carbocycles. The molecule has 0 unspecified atom stereocenters. The van der Waals surface area contributed by atoms with Gasteiger partial charge in [-0.1, -0.05) is 0 Å². The van der Waals surface area contributed by atoms with Gasteiger partial charge in [-0.25, -0.2) is 4.98 Å². The number of nitrogens with one attached hydrogen (secondary N) is 1. The van der Waals surface area contributed by atoms with Crippen molar-refractivity contribution in [2.75, 3.05) is 5.32 Å². The van der Waals surface area contributed by atoms with Crippen molar-refractivity contribution >= 4 is 33.4 Å². The molecule has 0 spiro atoms. The summed E-state index contributed by atoms with van der Waals surface area (Å²) >= 11 is 3.20. The second-order valence-corrected chi connectivity index (χ2v) is 5.54. The van der Waals surface area contributed by atoms with Gasteiger partial charge in [-0.3, -0.25) is 14.9 Å². The van der Waals surface area contributed by atoms with E-state index >= 15 is 0 Å². The first-order valence-corrected chi connectivity index (χ1v) is 6.30. The molecule has 1 rings (SSSR count). The fourth-order valence-corrected chi connectivity index (χ4v) is 1.86. The normalized spacial score (nSPS) is 11.1. The number of rotatable bonds is 6. The summed E-state index contributed by atoms with van der Waals surface area (Å²) in [5.74, 6) is -0.424. The van der Waals surface area contributed by atoms with Gasteiger partial charge in [0.15, 0.2) is 0 Å². The molecule has 0 aliphatic heterocycles. The van der Waals surface area contributed by atoms with E-state index < -0.39 is 16.4 Å². The van der Waals surface area contributed by atoms with Gasteiger partial charge >= 0.3 is 5.97 Å². The van der Waals surface area contributed by atoms with Crippen LogP contribution >= 0.6 is 15.9 Å². The number of pyridine rings is 1. The zero-order valence-corrected chi connectivity index (χ0v) is 12.1. The fourth-order valence-electron chi connectivity index (χ4n) is 1.42. The summed E-state index contributed by atoms with van der Waals surface area (Å²) < 4.78 is 0.463. The van der Waals surface area contributed by atoms with E-state index in [1.807, 2.05) is 13.8 Å². The lowest BCUT2D eigenvalue weighted by Crippen LogP contribution is -2.32. The molecular formula is C11H14BrN3O4. The first-order chi connectivity index (χ1) is 8.71. The number of hydrogen-bond acceptors (Lipinski definition) is 5.